The van der Waals surface area contributed by atoms with Crippen LogP contribution in [0.15, 0.2) is 36.4 Å². The third-order valence-corrected chi connectivity index (χ3v) is 6.36. The zero-order chi connectivity index (χ0) is 20.8. The Morgan fingerprint density at radius 3 is 2.70 bits per heavy atom. The number of carbonyl (C=O) groups is 3. The maximum absolute atomic E-state index is 12.9. The minimum atomic E-state index is -0.584. The number of nitrogens with two attached hydrogens (primary N) is 1. The second-order valence-corrected chi connectivity index (χ2v) is 8.30. The number of imide groups is 1. The number of fused-ring (bicyclic) bond motifs is 2. The minimum Gasteiger partial charge on any atom is -0.381 e. The summed E-state index contributed by atoms with van der Waals surface area (Å²) in [6.45, 7) is 0.990. The average molecular weight is 404 g/mol. The van der Waals surface area contributed by atoms with Gasteiger partial charge in [-0.25, -0.2) is 0 Å². The molecule has 0 bridgehead atoms. The standard InChI is InChI=1S/C23H24N4O3/c24-19-6-4-14-3-5-16(10-17(14)19)25-11-13-1-2-15-12-27(23(30)18(15)9-13)20-7-8-21(28)26-22(20)29/h1-3,5,9-10,19-20,25H,4,6-8,11-12,24H2,(H,26,28,29). The summed E-state index contributed by atoms with van der Waals surface area (Å²) in [5, 5.41) is 5.76. The van der Waals surface area contributed by atoms with E-state index in [0.717, 1.165) is 29.7 Å². The van der Waals surface area contributed by atoms with Crippen molar-refractivity contribution in [3.05, 3.63) is 64.2 Å². The Morgan fingerprint density at radius 1 is 1.03 bits per heavy atom. The fourth-order valence-electron chi connectivity index (χ4n) is 4.66. The summed E-state index contributed by atoms with van der Waals surface area (Å²) in [7, 11) is 0. The lowest BCUT2D eigenvalue weighted by Crippen LogP contribution is -2.52. The van der Waals surface area contributed by atoms with E-state index >= 15 is 0 Å². The number of piperidine rings is 1. The van der Waals surface area contributed by atoms with E-state index in [-0.39, 0.29) is 30.2 Å². The number of nitrogens with zero attached hydrogens (tertiary/aromatic N) is 1. The first-order chi connectivity index (χ1) is 14.5. The summed E-state index contributed by atoms with van der Waals surface area (Å²) in [6.07, 6.45) is 2.66. The third kappa shape index (κ3) is 3.25. The number of amides is 3. The van der Waals surface area contributed by atoms with Crippen LogP contribution < -0.4 is 16.4 Å². The van der Waals surface area contributed by atoms with Gasteiger partial charge in [0.1, 0.15) is 6.04 Å². The monoisotopic (exact) mass is 404 g/mol. The summed E-state index contributed by atoms with van der Waals surface area (Å²) >= 11 is 0. The van der Waals surface area contributed by atoms with Crippen molar-refractivity contribution in [1.82, 2.24) is 10.2 Å². The van der Waals surface area contributed by atoms with Crippen molar-refractivity contribution in [3.63, 3.8) is 0 Å². The molecule has 5 rings (SSSR count). The Labute approximate surface area is 174 Å². The van der Waals surface area contributed by atoms with Crippen LogP contribution in [0.5, 0.6) is 0 Å². The molecule has 1 saturated heterocycles. The fourth-order valence-corrected chi connectivity index (χ4v) is 4.66. The van der Waals surface area contributed by atoms with Gasteiger partial charge >= 0.3 is 0 Å². The van der Waals surface area contributed by atoms with E-state index in [2.05, 4.69) is 28.8 Å². The number of anilines is 1. The van der Waals surface area contributed by atoms with Crippen molar-refractivity contribution in [3.8, 4) is 0 Å². The Balaban J connectivity index is 1.29. The number of aryl methyl sites for hydroxylation is 1. The highest BCUT2D eigenvalue weighted by atomic mass is 16.2. The van der Waals surface area contributed by atoms with Gasteiger partial charge < -0.3 is 16.0 Å². The molecule has 2 unspecified atom stereocenters. The lowest BCUT2D eigenvalue weighted by Gasteiger charge is -2.29. The number of rotatable bonds is 4. The van der Waals surface area contributed by atoms with Gasteiger partial charge in [-0.15, -0.1) is 0 Å². The van der Waals surface area contributed by atoms with E-state index in [0.29, 0.717) is 25.1 Å². The molecule has 1 aliphatic carbocycles. The topological polar surface area (TPSA) is 105 Å². The zero-order valence-electron chi connectivity index (χ0n) is 16.6. The van der Waals surface area contributed by atoms with E-state index in [4.69, 9.17) is 5.73 Å². The molecule has 7 nitrogen and oxygen atoms in total. The van der Waals surface area contributed by atoms with Gasteiger partial charge in [0.25, 0.3) is 5.91 Å². The third-order valence-electron chi connectivity index (χ3n) is 6.36. The van der Waals surface area contributed by atoms with E-state index in [9.17, 15) is 14.4 Å². The zero-order valence-corrected chi connectivity index (χ0v) is 16.6. The maximum Gasteiger partial charge on any atom is 0.255 e. The normalized spacial score (nSPS) is 22.7. The molecule has 0 spiro atoms. The average Bonchev–Trinajstić information content (AvgIpc) is 3.26. The van der Waals surface area contributed by atoms with Gasteiger partial charge in [0, 0.05) is 36.8 Å². The van der Waals surface area contributed by atoms with Gasteiger partial charge in [0.15, 0.2) is 0 Å². The van der Waals surface area contributed by atoms with Crippen molar-refractivity contribution in [2.75, 3.05) is 5.32 Å². The van der Waals surface area contributed by atoms with Crippen LogP contribution in [0.3, 0.4) is 0 Å². The number of hydrogen-bond acceptors (Lipinski definition) is 5. The molecule has 4 N–H and O–H groups in total. The van der Waals surface area contributed by atoms with Crippen molar-refractivity contribution in [2.45, 2.75) is 50.9 Å². The Bertz CT molecular complexity index is 1060. The van der Waals surface area contributed by atoms with Crippen LogP contribution in [0.1, 0.15) is 57.9 Å². The van der Waals surface area contributed by atoms with Crippen LogP contribution >= 0.6 is 0 Å². The Hall–Kier alpha value is -3.19. The highest BCUT2D eigenvalue weighted by Gasteiger charge is 2.39. The Morgan fingerprint density at radius 2 is 1.87 bits per heavy atom. The number of benzene rings is 2. The Kier molecular flexibility index (Phi) is 4.55. The summed E-state index contributed by atoms with van der Waals surface area (Å²) in [5.41, 5.74) is 12.3. The van der Waals surface area contributed by atoms with Gasteiger partial charge in [0.2, 0.25) is 11.8 Å². The predicted octanol–water partition coefficient (Wildman–Crippen LogP) is 2.01. The summed E-state index contributed by atoms with van der Waals surface area (Å²) in [4.78, 5) is 38.1. The first kappa shape index (κ1) is 18.8. The second kappa shape index (κ2) is 7.25. The van der Waals surface area contributed by atoms with Crippen LogP contribution in [0.25, 0.3) is 0 Å². The molecule has 2 aromatic carbocycles. The molecule has 1 fully saturated rings. The van der Waals surface area contributed by atoms with Crippen molar-refractivity contribution in [1.29, 1.82) is 0 Å². The molecule has 2 aromatic rings. The quantitative estimate of drug-likeness (QED) is 0.676. The van der Waals surface area contributed by atoms with E-state index in [1.807, 2.05) is 18.2 Å². The molecule has 0 aromatic heterocycles. The molecule has 0 radical (unpaired) electrons. The SMILES string of the molecule is NC1CCc2ccc(NCc3ccc4c(c3)C(=O)N(C3CCC(=O)NC3=O)C4)cc21. The van der Waals surface area contributed by atoms with Crippen LogP contribution in [0.2, 0.25) is 0 Å². The van der Waals surface area contributed by atoms with Gasteiger partial charge in [-0.05, 0) is 59.7 Å². The minimum absolute atomic E-state index is 0.109. The smallest absolute Gasteiger partial charge is 0.255 e. The molecule has 2 heterocycles. The molecular weight excluding hydrogens is 380 g/mol. The molecule has 2 atom stereocenters. The predicted molar refractivity (Wildman–Crippen MR) is 112 cm³/mol. The fraction of sp³-hybridized carbons (Fsp3) is 0.348. The van der Waals surface area contributed by atoms with Crippen molar-refractivity contribution >= 4 is 23.4 Å². The van der Waals surface area contributed by atoms with Gasteiger partial charge in [0.05, 0.1) is 0 Å². The van der Waals surface area contributed by atoms with Gasteiger partial charge in [-0.3, -0.25) is 19.7 Å². The van der Waals surface area contributed by atoms with Crippen molar-refractivity contribution in [2.24, 2.45) is 5.73 Å². The van der Waals surface area contributed by atoms with Crippen LogP contribution in [-0.4, -0.2) is 28.7 Å². The summed E-state index contributed by atoms with van der Waals surface area (Å²) < 4.78 is 0. The highest BCUT2D eigenvalue weighted by molar-refractivity contribution is 6.05. The van der Waals surface area contributed by atoms with Crippen LogP contribution in [-0.2, 0) is 29.1 Å². The molecule has 3 aliphatic rings. The first-order valence-corrected chi connectivity index (χ1v) is 10.4. The second-order valence-electron chi connectivity index (χ2n) is 8.30. The number of carbonyl (C=O) groups excluding carboxylic acids is 3. The molecule has 0 saturated carbocycles. The van der Waals surface area contributed by atoms with Crippen molar-refractivity contribution < 1.29 is 14.4 Å². The summed E-state index contributed by atoms with van der Waals surface area (Å²) in [6, 6.07) is 11.7. The molecule has 30 heavy (non-hydrogen) atoms. The largest absolute Gasteiger partial charge is 0.381 e. The van der Waals surface area contributed by atoms with Gasteiger partial charge in [-0.1, -0.05) is 18.2 Å². The molecular formula is C23H24N4O3. The number of hydrogen-bond donors (Lipinski definition) is 3. The van der Waals surface area contributed by atoms with E-state index in [1.165, 1.54) is 11.1 Å². The van der Waals surface area contributed by atoms with Gasteiger partial charge in [-0.2, -0.15) is 0 Å². The van der Waals surface area contributed by atoms with E-state index in [1.54, 1.807) is 4.90 Å². The highest BCUT2D eigenvalue weighted by Crippen LogP contribution is 2.32. The summed E-state index contributed by atoms with van der Waals surface area (Å²) in [5.74, 6) is -0.810. The van der Waals surface area contributed by atoms with Crippen LogP contribution in [0, 0.1) is 0 Å². The molecule has 3 amide bonds. The lowest BCUT2D eigenvalue weighted by molar-refractivity contribution is -0.136. The van der Waals surface area contributed by atoms with E-state index < -0.39 is 6.04 Å². The molecule has 7 heteroatoms. The first-order valence-electron chi connectivity index (χ1n) is 10.4. The number of nitrogens with one attached hydrogen (secondary N) is 2. The lowest BCUT2D eigenvalue weighted by atomic mass is 10.0. The molecule has 2 aliphatic heterocycles. The maximum atomic E-state index is 12.9. The van der Waals surface area contributed by atoms with Crippen LogP contribution in [0.4, 0.5) is 5.69 Å². The molecule has 154 valence electrons.